The van der Waals surface area contributed by atoms with Crippen LogP contribution in [0.2, 0.25) is 0 Å². The zero-order valence-electron chi connectivity index (χ0n) is 11.2. The van der Waals surface area contributed by atoms with Crippen molar-refractivity contribution in [2.75, 3.05) is 16.8 Å². The van der Waals surface area contributed by atoms with E-state index >= 15 is 0 Å². The quantitative estimate of drug-likeness (QED) is 0.942. The number of benzene rings is 1. The van der Waals surface area contributed by atoms with Crippen molar-refractivity contribution in [3.8, 4) is 0 Å². The summed E-state index contributed by atoms with van der Waals surface area (Å²) in [4.78, 5) is 18.7. The number of carbonyl (C=O) groups is 1. The summed E-state index contributed by atoms with van der Waals surface area (Å²) in [6.07, 6.45) is 1.82. The molecule has 20 heavy (non-hydrogen) atoms. The highest BCUT2D eigenvalue weighted by molar-refractivity contribution is 7.09. The molecule has 3 rings (SSSR count). The molecular formula is C14H16N4OS. The van der Waals surface area contributed by atoms with Crippen LogP contribution in [0.5, 0.6) is 0 Å². The Morgan fingerprint density at radius 3 is 2.85 bits per heavy atom. The molecule has 0 aliphatic carbocycles. The van der Waals surface area contributed by atoms with Gasteiger partial charge in [0.2, 0.25) is 11.0 Å². The molecule has 104 valence electrons. The third kappa shape index (κ3) is 2.65. The monoisotopic (exact) mass is 288 g/mol. The van der Waals surface area contributed by atoms with Gasteiger partial charge in [-0.05, 0) is 31.9 Å². The van der Waals surface area contributed by atoms with Crippen LogP contribution in [0.3, 0.4) is 0 Å². The molecule has 1 aromatic heterocycles. The van der Waals surface area contributed by atoms with Gasteiger partial charge in [0.15, 0.2) is 0 Å². The van der Waals surface area contributed by atoms with Gasteiger partial charge in [-0.2, -0.15) is 4.37 Å². The molecule has 2 heterocycles. The smallest absolute Gasteiger partial charge is 0.249 e. The molecule has 0 unspecified atom stereocenters. The first-order valence-electron chi connectivity index (χ1n) is 6.67. The van der Waals surface area contributed by atoms with Crippen LogP contribution < -0.4 is 10.2 Å². The zero-order valence-corrected chi connectivity index (χ0v) is 12.1. The lowest BCUT2D eigenvalue weighted by Gasteiger charge is -2.32. The van der Waals surface area contributed by atoms with Crippen LogP contribution in [0.15, 0.2) is 30.3 Å². The van der Waals surface area contributed by atoms with Crippen molar-refractivity contribution in [3.63, 3.8) is 0 Å². The van der Waals surface area contributed by atoms with Gasteiger partial charge in [-0.15, -0.1) is 0 Å². The fourth-order valence-corrected chi connectivity index (χ4v) is 3.01. The van der Waals surface area contributed by atoms with Gasteiger partial charge in [-0.3, -0.25) is 4.79 Å². The van der Waals surface area contributed by atoms with Gasteiger partial charge in [0, 0.05) is 23.8 Å². The van der Waals surface area contributed by atoms with Gasteiger partial charge >= 0.3 is 0 Å². The van der Waals surface area contributed by atoms with E-state index in [1.165, 1.54) is 11.5 Å². The second-order valence-electron chi connectivity index (χ2n) is 4.81. The molecule has 1 amide bonds. The number of aromatic nitrogens is 2. The molecule has 1 aromatic carbocycles. The van der Waals surface area contributed by atoms with Crippen LogP contribution in [0.4, 0.5) is 10.8 Å². The van der Waals surface area contributed by atoms with E-state index < -0.39 is 0 Å². The van der Waals surface area contributed by atoms with E-state index in [0.29, 0.717) is 0 Å². The largest absolute Gasteiger partial charge is 0.348 e. The molecule has 6 heteroatoms. The molecule has 2 aromatic rings. The first-order valence-corrected chi connectivity index (χ1v) is 7.44. The lowest BCUT2D eigenvalue weighted by Crippen LogP contribution is -2.47. The number of nitrogens with zero attached hydrogens (tertiary/aromatic N) is 3. The van der Waals surface area contributed by atoms with E-state index in [9.17, 15) is 4.79 Å². The Kier molecular flexibility index (Phi) is 3.64. The lowest BCUT2D eigenvalue weighted by atomic mass is 10.0. The molecular weight excluding hydrogens is 272 g/mol. The molecule has 1 aliphatic rings. The molecule has 5 nitrogen and oxygen atoms in total. The Labute approximate surface area is 121 Å². The third-order valence-corrected chi connectivity index (χ3v) is 4.07. The van der Waals surface area contributed by atoms with E-state index in [1.54, 1.807) is 0 Å². The summed E-state index contributed by atoms with van der Waals surface area (Å²) >= 11 is 1.30. The zero-order chi connectivity index (χ0) is 13.9. The maximum Gasteiger partial charge on any atom is 0.249 e. The van der Waals surface area contributed by atoms with Crippen molar-refractivity contribution >= 4 is 28.3 Å². The Morgan fingerprint density at radius 1 is 1.35 bits per heavy atom. The number of hydrogen-bond acceptors (Lipinski definition) is 5. The first kappa shape index (κ1) is 13.1. The molecule has 1 aliphatic heterocycles. The Bertz CT molecular complexity index is 598. The summed E-state index contributed by atoms with van der Waals surface area (Å²) in [6.45, 7) is 2.62. The maximum absolute atomic E-state index is 12.6. The fourth-order valence-electron chi connectivity index (χ4n) is 2.38. The number of hydrogen-bond donors (Lipinski definition) is 1. The molecule has 0 radical (unpaired) electrons. The van der Waals surface area contributed by atoms with Crippen LogP contribution in [0.1, 0.15) is 18.7 Å². The second-order valence-corrected chi connectivity index (χ2v) is 5.56. The van der Waals surface area contributed by atoms with E-state index in [4.69, 9.17) is 0 Å². The molecule has 1 saturated heterocycles. The molecule has 1 fully saturated rings. The van der Waals surface area contributed by atoms with Crippen molar-refractivity contribution in [2.24, 2.45) is 0 Å². The second kappa shape index (κ2) is 5.58. The van der Waals surface area contributed by atoms with E-state index in [0.717, 1.165) is 36.0 Å². The predicted molar refractivity (Wildman–Crippen MR) is 80.1 cm³/mol. The van der Waals surface area contributed by atoms with Gasteiger partial charge in [0.25, 0.3) is 0 Å². The summed E-state index contributed by atoms with van der Waals surface area (Å²) in [5, 5.41) is 3.92. The maximum atomic E-state index is 12.6. The topological polar surface area (TPSA) is 58.1 Å². The van der Waals surface area contributed by atoms with Gasteiger partial charge < -0.3 is 10.2 Å². The number of para-hydroxylation sites is 1. The molecule has 0 spiro atoms. The normalized spacial score (nSPS) is 19.1. The molecule has 0 saturated carbocycles. The number of anilines is 2. The Morgan fingerprint density at radius 2 is 2.15 bits per heavy atom. The summed E-state index contributed by atoms with van der Waals surface area (Å²) < 4.78 is 4.13. The minimum absolute atomic E-state index is 0.107. The number of nitrogens with one attached hydrogen (secondary N) is 1. The number of aryl methyl sites for hydroxylation is 1. The van der Waals surface area contributed by atoms with Gasteiger partial charge in [0.1, 0.15) is 11.9 Å². The summed E-state index contributed by atoms with van der Waals surface area (Å²) in [6, 6.07) is 9.58. The SMILES string of the molecule is Cc1nsc(N[C@@H]2CCCN(c3ccccc3)C2=O)n1. The van der Waals surface area contributed by atoms with Crippen LogP contribution in [-0.4, -0.2) is 27.9 Å². The number of rotatable bonds is 3. The highest BCUT2D eigenvalue weighted by Gasteiger charge is 2.30. The minimum atomic E-state index is -0.212. The Hall–Kier alpha value is -1.95. The van der Waals surface area contributed by atoms with Crippen molar-refractivity contribution in [1.29, 1.82) is 0 Å². The standard InChI is InChI=1S/C14H16N4OS/c1-10-15-14(20-17-10)16-12-8-5-9-18(13(12)19)11-6-3-2-4-7-11/h2-4,6-7,12H,5,8-9H2,1H3,(H,15,16,17)/t12-/m1/s1. The van der Waals surface area contributed by atoms with Crippen molar-refractivity contribution in [1.82, 2.24) is 9.36 Å². The fraction of sp³-hybridized carbons (Fsp3) is 0.357. The summed E-state index contributed by atoms with van der Waals surface area (Å²) in [7, 11) is 0. The lowest BCUT2D eigenvalue weighted by molar-refractivity contribution is -0.120. The van der Waals surface area contributed by atoms with E-state index in [-0.39, 0.29) is 11.9 Å². The minimum Gasteiger partial charge on any atom is -0.348 e. The van der Waals surface area contributed by atoms with E-state index in [2.05, 4.69) is 14.7 Å². The van der Waals surface area contributed by atoms with Crippen molar-refractivity contribution in [3.05, 3.63) is 36.2 Å². The highest BCUT2D eigenvalue weighted by Crippen LogP contribution is 2.23. The van der Waals surface area contributed by atoms with Gasteiger partial charge in [-0.1, -0.05) is 18.2 Å². The number of piperidine rings is 1. The molecule has 0 bridgehead atoms. The van der Waals surface area contributed by atoms with Crippen LogP contribution in [0.25, 0.3) is 0 Å². The number of amides is 1. The first-order chi connectivity index (χ1) is 9.74. The molecule has 1 N–H and O–H groups in total. The van der Waals surface area contributed by atoms with Crippen LogP contribution in [-0.2, 0) is 4.79 Å². The third-order valence-electron chi connectivity index (χ3n) is 3.33. The Balaban J connectivity index is 1.75. The van der Waals surface area contributed by atoms with Gasteiger partial charge in [-0.25, -0.2) is 4.98 Å². The highest BCUT2D eigenvalue weighted by atomic mass is 32.1. The summed E-state index contributed by atoms with van der Waals surface area (Å²) in [5.74, 6) is 0.843. The number of carbonyl (C=O) groups excluding carboxylic acids is 1. The average Bonchev–Trinajstić information content (AvgIpc) is 2.87. The van der Waals surface area contributed by atoms with Gasteiger partial charge in [0.05, 0.1) is 0 Å². The predicted octanol–water partition coefficient (Wildman–Crippen LogP) is 2.45. The van der Waals surface area contributed by atoms with Crippen molar-refractivity contribution < 1.29 is 4.79 Å². The average molecular weight is 288 g/mol. The van der Waals surface area contributed by atoms with Crippen molar-refractivity contribution in [2.45, 2.75) is 25.8 Å². The summed E-state index contributed by atoms with van der Waals surface area (Å²) in [5.41, 5.74) is 0.956. The van der Waals surface area contributed by atoms with Crippen LogP contribution in [0, 0.1) is 6.92 Å². The van der Waals surface area contributed by atoms with Crippen LogP contribution >= 0.6 is 11.5 Å². The molecule has 1 atom stereocenters. The van der Waals surface area contributed by atoms with E-state index in [1.807, 2.05) is 42.2 Å².